The third-order valence-electron chi connectivity index (χ3n) is 4.62. The van der Waals surface area contributed by atoms with Crippen molar-refractivity contribution in [2.75, 3.05) is 26.3 Å². The molecule has 0 aliphatic carbocycles. The van der Waals surface area contributed by atoms with Crippen molar-refractivity contribution in [2.24, 2.45) is 0 Å². The lowest BCUT2D eigenvalue weighted by molar-refractivity contribution is -0.918. The van der Waals surface area contributed by atoms with Gasteiger partial charge in [0.1, 0.15) is 6.67 Å². The maximum Gasteiger partial charge on any atom is 0.135 e. The first-order valence-corrected chi connectivity index (χ1v) is 6.52. The molecule has 0 N–H and O–H groups in total. The normalized spacial score (nSPS) is 27.2. The molecule has 0 aromatic heterocycles. The van der Waals surface area contributed by atoms with E-state index in [0.29, 0.717) is 5.54 Å². The molecule has 0 saturated carbocycles. The van der Waals surface area contributed by atoms with E-state index in [1.807, 2.05) is 0 Å². The van der Waals surface area contributed by atoms with E-state index in [4.69, 9.17) is 0 Å². The topological polar surface area (TPSA) is 3.24 Å². The van der Waals surface area contributed by atoms with Crippen LogP contribution < -0.4 is 0 Å². The Hall–Kier alpha value is -0.0800. The molecule has 1 fully saturated rings. The van der Waals surface area contributed by atoms with Crippen LogP contribution in [0, 0.1) is 0 Å². The van der Waals surface area contributed by atoms with E-state index in [9.17, 15) is 0 Å². The molecule has 1 aliphatic heterocycles. The predicted molar refractivity (Wildman–Crippen MR) is 66.7 cm³/mol. The molecule has 1 aliphatic rings. The monoisotopic (exact) mass is 213 g/mol. The fourth-order valence-corrected chi connectivity index (χ4v) is 2.85. The number of rotatable bonds is 4. The molecular weight excluding hydrogens is 184 g/mol. The molecular formula is C13H29N2+. The molecule has 1 atom stereocenters. The lowest BCUT2D eigenvalue weighted by atomic mass is 9.98. The summed E-state index contributed by atoms with van der Waals surface area (Å²) in [6.07, 6.45) is 1.24. The van der Waals surface area contributed by atoms with Crippen LogP contribution in [-0.2, 0) is 0 Å². The van der Waals surface area contributed by atoms with Gasteiger partial charge >= 0.3 is 0 Å². The highest BCUT2D eigenvalue weighted by atomic mass is 15.5. The van der Waals surface area contributed by atoms with Gasteiger partial charge in [-0.15, -0.1) is 0 Å². The minimum absolute atomic E-state index is 0.365. The van der Waals surface area contributed by atoms with Crippen molar-refractivity contribution < 1.29 is 4.48 Å². The van der Waals surface area contributed by atoms with Gasteiger partial charge in [0.05, 0.1) is 25.7 Å². The molecule has 2 nitrogen and oxygen atoms in total. The van der Waals surface area contributed by atoms with Crippen LogP contribution in [0.1, 0.15) is 48.0 Å². The molecule has 1 saturated heterocycles. The smallest absolute Gasteiger partial charge is 0.135 e. The Balaban J connectivity index is 2.80. The van der Waals surface area contributed by atoms with Gasteiger partial charge in [-0.2, -0.15) is 0 Å². The summed E-state index contributed by atoms with van der Waals surface area (Å²) in [4.78, 5) is 2.71. The number of quaternary nitrogens is 1. The minimum Gasteiger partial charge on any atom is -0.310 e. The number of nitrogens with zero attached hydrogens (tertiary/aromatic N) is 2. The van der Waals surface area contributed by atoms with Crippen molar-refractivity contribution in [1.82, 2.24) is 4.90 Å². The van der Waals surface area contributed by atoms with Crippen molar-refractivity contribution in [1.29, 1.82) is 0 Å². The van der Waals surface area contributed by atoms with E-state index in [-0.39, 0.29) is 0 Å². The second-order valence-corrected chi connectivity index (χ2v) is 5.78. The van der Waals surface area contributed by atoms with Crippen LogP contribution in [0.4, 0.5) is 0 Å². The van der Waals surface area contributed by atoms with Crippen molar-refractivity contribution >= 4 is 0 Å². The number of hydrogen-bond acceptors (Lipinski definition) is 1. The quantitative estimate of drug-likeness (QED) is 0.649. The maximum atomic E-state index is 2.71. The van der Waals surface area contributed by atoms with Gasteiger partial charge in [-0.1, -0.05) is 6.92 Å². The molecule has 15 heavy (non-hydrogen) atoms. The van der Waals surface area contributed by atoms with Gasteiger partial charge in [-0.05, 0) is 41.0 Å². The standard InChI is InChI=1S/C13H29N2/c1-7-13(5,6)14-11-15(8-2,9-3)10-12(14)4/h12H,7-11H2,1-6H3/q+1. The van der Waals surface area contributed by atoms with Gasteiger partial charge in [-0.3, -0.25) is 0 Å². The van der Waals surface area contributed by atoms with Crippen LogP contribution in [-0.4, -0.2) is 47.3 Å². The number of likely N-dealkylation sites (N-methyl/N-ethyl adjacent to an activating group) is 1. The first kappa shape index (κ1) is 13.0. The summed E-state index contributed by atoms with van der Waals surface area (Å²) >= 11 is 0. The van der Waals surface area contributed by atoms with Crippen LogP contribution in [0.3, 0.4) is 0 Å². The zero-order chi connectivity index (χ0) is 11.7. The zero-order valence-electron chi connectivity index (χ0n) is 11.5. The Bertz CT molecular complexity index is 207. The SMILES string of the molecule is CCC(C)(C)N1C[N+](CC)(CC)CC1C. The summed E-state index contributed by atoms with van der Waals surface area (Å²) in [6, 6.07) is 0.736. The van der Waals surface area contributed by atoms with E-state index in [1.165, 1.54) is 37.2 Å². The van der Waals surface area contributed by atoms with Crippen LogP contribution in [0.2, 0.25) is 0 Å². The third kappa shape index (κ3) is 2.36. The van der Waals surface area contributed by atoms with E-state index in [0.717, 1.165) is 6.04 Å². The fourth-order valence-electron chi connectivity index (χ4n) is 2.85. The lowest BCUT2D eigenvalue weighted by Gasteiger charge is -2.37. The summed E-state index contributed by atoms with van der Waals surface area (Å²) in [7, 11) is 0. The molecule has 0 aromatic rings. The Morgan fingerprint density at radius 3 is 2.07 bits per heavy atom. The van der Waals surface area contributed by atoms with Gasteiger partial charge in [-0.25, -0.2) is 4.90 Å². The molecule has 90 valence electrons. The highest BCUT2D eigenvalue weighted by Gasteiger charge is 2.44. The summed E-state index contributed by atoms with van der Waals surface area (Å²) in [5.41, 5.74) is 0.365. The van der Waals surface area contributed by atoms with Gasteiger partial charge < -0.3 is 4.48 Å². The minimum atomic E-state index is 0.365. The van der Waals surface area contributed by atoms with E-state index in [1.54, 1.807) is 0 Å². The summed E-state index contributed by atoms with van der Waals surface area (Å²) in [5, 5.41) is 0. The van der Waals surface area contributed by atoms with E-state index < -0.39 is 0 Å². The third-order valence-corrected chi connectivity index (χ3v) is 4.62. The van der Waals surface area contributed by atoms with E-state index >= 15 is 0 Å². The largest absolute Gasteiger partial charge is 0.310 e. The Morgan fingerprint density at radius 2 is 1.73 bits per heavy atom. The van der Waals surface area contributed by atoms with Crippen molar-refractivity contribution in [2.45, 2.75) is 59.5 Å². The zero-order valence-corrected chi connectivity index (χ0v) is 11.5. The highest BCUT2D eigenvalue weighted by molar-refractivity contribution is 4.85. The molecule has 1 rings (SSSR count). The average molecular weight is 213 g/mol. The first-order chi connectivity index (χ1) is 6.90. The lowest BCUT2D eigenvalue weighted by Crippen LogP contribution is -2.50. The van der Waals surface area contributed by atoms with Crippen molar-refractivity contribution in [3.8, 4) is 0 Å². The van der Waals surface area contributed by atoms with Gasteiger partial charge in [0.25, 0.3) is 0 Å². The van der Waals surface area contributed by atoms with Crippen LogP contribution in [0.15, 0.2) is 0 Å². The van der Waals surface area contributed by atoms with Crippen LogP contribution in [0.25, 0.3) is 0 Å². The van der Waals surface area contributed by atoms with Crippen molar-refractivity contribution in [3.05, 3.63) is 0 Å². The second kappa shape index (κ2) is 4.42. The van der Waals surface area contributed by atoms with Gasteiger partial charge in [0.2, 0.25) is 0 Å². The molecule has 2 heteroatoms. The second-order valence-electron chi connectivity index (χ2n) is 5.78. The van der Waals surface area contributed by atoms with E-state index in [2.05, 4.69) is 46.4 Å². The first-order valence-electron chi connectivity index (χ1n) is 6.52. The Labute approximate surface area is 95.8 Å². The average Bonchev–Trinajstić information content (AvgIpc) is 2.57. The summed E-state index contributed by atoms with van der Waals surface area (Å²) < 4.78 is 1.28. The summed E-state index contributed by atoms with van der Waals surface area (Å²) in [6.45, 7) is 19.3. The van der Waals surface area contributed by atoms with Crippen molar-refractivity contribution in [3.63, 3.8) is 0 Å². The Kier molecular flexibility index (Phi) is 3.83. The van der Waals surface area contributed by atoms with Crippen LogP contribution >= 0.6 is 0 Å². The molecule has 1 heterocycles. The highest BCUT2D eigenvalue weighted by Crippen LogP contribution is 2.30. The predicted octanol–water partition coefficient (Wildman–Crippen LogP) is 2.69. The Morgan fingerprint density at radius 1 is 1.20 bits per heavy atom. The fraction of sp³-hybridized carbons (Fsp3) is 1.00. The molecule has 0 amide bonds. The molecule has 0 bridgehead atoms. The molecule has 1 unspecified atom stereocenters. The maximum absolute atomic E-state index is 2.71. The number of hydrogen-bond donors (Lipinski definition) is 0. The van der Waals surface area contributed by atoms with Gasteiger partial charge in [0, 0.05) is 5.54 Å². The molecule has 0 aromatic carbocycles. The summed E-state index contributed by atoms with van der Waals surface area (Å²) in [5.74, 6) is 0. The molecule has 0 spiro atoms. The van der Waals surface area contributed by atoms with Crippen LogP contribution in [0.5, 0.6) is 0 Å². The van der Waals surface area contributed by atoms with Gasteiger partial charge in [0.15, 0.2) is 0 Å². The molecule has 0 radical (unpaired) electrons.